The van der Waals surface area contributed by atoms with Gasteiger partial charge in [-0.2, -0.15) is 0 Å². The van der Waals surface area contributed by atoms with Gasteiger partial charge in [0.05, 0.1) is 12.6 Å². The molecule has 0 aliphatic carbocycles. The molecular formula is C15H20F2N2O. The van der Waals surface area contributed by atoms with Crippen LogP contribution in [0.4, 0.5) is 8.78 Å². The minimum atomic E-state index is -2.69. The molecule has 1 aromatic rings. The summed E-state index contributed by atoms with van der Waals surface area (Å²) in [5, 5.41) is 5.39. The highest BCUT2D eigenvalue weighted by atomic mass is 19.3. The van der Waals surface area contributed by atoms with Gasteiger partial charge in [0, 0.05) is 13.0 Å². The van der Waals surface area contributed by atoms with E-state index in [4.69, 9.17) is 0 Å². The molecule has 0 radical (unpaired) electrons. The van der Waals surface area contributed by atoms with Crippen LogP contribution in [0.5, 0.6) is 0 Å². The second kappa shape index (κ2) is 6.31. The largest absolute Gasteiger partial charge is 0.351 e. The number of halogens is 2. The number of rotatable bonds is 4. The Morgan fingerprint density at radius 1 is 1.35 bits per heavy atom. The molecule has 1 aromatic carbocycles. The van der Waals surface area contributed by atoms with E-state index in [1.54, 1.807) is 0 Å². The molecule has 1 heterocycles. The van der Waals surface area contributed by atoms with Crippen LogP contribution in [0.3, 0.4) is 0 Å². The molecular weight excluding hydrogens is 262 g/mol. The summed E-state index contributed by atoms with van der Waals surface area (Å²) in [4.78, 5) is 11.9. The molecule has 1 saturated heterocycles. The van der Waals surface area contributed by atoms with E-state index in [2.05, 4.69) is 17.6 Å². The van der Waals surface area contributed by atoms with E-state index in [1.807, 2.05) is 24.3 Å². The lowest BCUT2D eigenvalue weighted by Crippen LogP contribution is -2.52. The Kier molecular flexibility index (Phi) is 4.70. The van der Waals surface area contributed by atoms with Crippen molar-refractivity contribution in [2.45, 2.75) is 44.7 Å². The zero-order valence-electron chi connectivity index (χ0n) is 11.6. The number of alkyl halides is 2. The van der Waals surface area contributed by atoms with Crippen molar-refractivity contribution in [1.82, 2.24) is 10.6 Å². The standard InChI is InChI=1S/C15H20F2N2O/c1-2-11-3-5-12(6-4-11)9-18-14(20)13-7-8-15(16,17)10-19-13/h3-6,13,19H,2,7-10H2,1H3,(H,18,20). The van der Waals surface area contributed by atoms with E-state index >= 15 is 0 Å². The molecule has 0 bridgehead atoms. The first kappa shape index (κ1) is 14.9. The molecule has 1 atom stereocenters. The van der Waals surface area contributed by atoms with Gasteiger partial charge in [-0.05, 0) is 24.0 Å². The molecule has 0 spiro atoms. The van der Waals surface area contributed by atoms with Gasteiger partial charge in [0.1, 0.15) is 0 Å². The third kappa shape index (κ3) is 4.00. The number of hydrogen-bond acceptors (Lipinski definition) is 2. The Labute approximate surface area is 117 Å². The zero-order chi connectivity index (χ0) is 14.6. The van der Waals surface area contributed by atoms with Gasteiger partial charge in [0.15, 0.2) is 0 Å². The zero-order valence-corrected chi connectivity index (χ0v) is 11.6. The van der Waals surface area contributed by atoms with Gasteiger partial charge < -0.3 is 10.6 Å². The van der Waals surface area contributed by atoms with Gasteiger partial charge in [-0.25, -0.2) is 8.78 Å². The highest BCUT2D eigenvalue weighted by Crippen LogP contribution is 2.24. The smallest absolute Gasteiger partial charge is 0.260 e. The molecule has 1 fully saturated rings. The second-order valence-electron chi connectivity index (χ2n) is 5.22. The van der Waals surface area contributed by atoms with Crippen LogP contribution < -0.4 is 10.6 Å². The SMILES string of the molecule is CCc1ccc(CNC(=O)C2CCC(F)(F)CN2)cc1. The first-order chi connectivity index (χ1) is 9.50. The Balaban J connectivity index is 1.80. The van der Waals surface area contributed by atoms with Gasteiger partial charge >= 0.3 is 0 Å². The van der Waals surface area contributed by atoms with E-state index in [1.165, 1.54) is 5.56 Å². The summed E-state index contributed by atoms with van der Waals surface area (Å²) in [6, 6.07) is 7.50. The summed E-state index contributed by atoms with van der Waals surface area (Å²) < 4.78 is 25.9. The van der Waals surface area contributed by atoms with Crippen LogP contribution in [0.15, 0.2) is 24.3 Å². The maximum absolute atomic E-state index is 13.0. The molecule has 1 aliphatic heterocycles. The lowest BCUT2D eigenvalue weighted by molar-refractivity contribution is -0.126. The highest BCUT2D eigenvalue weighted by molar-refractivity contribution is 5.81. The molecule has 1 amide bonds. The topological polar surface area (TPSA) is 41.1 Å². The van der Waals surface area contributed by atoms with Crippen LogP contribution in [-0.2, 0) is 17.8 Å². The summed E-state index contributed by atoms with van der Waals surface area (Å²) in [7, 11) is 0. The molecule has 20 heavy (non-hydrogen) atoms. The molecule has 110 valence electrons. The molecule has 0 saturated carbocycles. The van der Waals surface area contributed by atoms with E-state index < -0.39 is 18.5 Å². The third-order valence-electron chi connectivity index (χ3n) is 3.62. The van der Waals surface area contributed by atoms with Gasteiger partial charge in [-0.15, -0.1) is 0 Å². The van der Waals surface area contributed by atoms with Crippen LogP contribution >= 0.6 is 0 Å². The average molecular weight is 282 g/mol. The molecule has 5 heteroatoms. The predicted molar refractivity (Wildman–Crippen MR) is 73.6 cm³/mol. The van der Waals surface area contributed by atoms with Crippen molar-refractivity contribution in [3.63, 3.8) is 0 Å². The Morgan fingerprint density at radius 3 is 2.55 bits per heavy atom. The molecule has 3 nitrogen and oxygen atoms in total. The van der Waals surface area contributed by atoms with Gasteiger partial charge in [0.25, 0.3) is 5.92 Å². The summed E-state index contributed by atoms with van der Waals surface area (Å²) in [5.41, 5.74) is 2.26. The Morgan fingerprint density at radius 2 is 2.00 bits per heavy atom. The van der Waals surface area contributed by atoms with Crippen molar-refractivity contribution >= 4 is 5.91 Å². The van der Waals surface area contributed by atoms with Gasteiger partial charge in [0.2, 0.25) is 5.91 Å². The van der Waals surface area contributed by atoms with Crippen LogP contribution in [0.2, 0.25) is 0 Å². The van der Waals surface area contributed by atoms with Crippen molar-refractivity contribution in [1.29, 1.82) is 0 Å². The minimum Gasteiger partial charge on any atom is -0.351 e. The first-order valence-electron chi connectivity index (χ1n) is 6.97. The number of nitrogens with one attached hydrogen (secondary N) is 2. The fourth-order valence-electron chi connectivity index (χ4n) is 2.25. The fourth-order valence-corrected chi connectivity index (χ4v) is 2.25. The van der Waals surface area contributed by atoms with Crippen molar-refractivity contribution < 1.29 is 13.6 Å². The quantitative estimate of drug-likeness (QED) is 0.889. The summed E-state index contributed by atoms with van der Waals surface area (Å²) in [5.74, 6) is -2.90. The second-order valence-corrected chi connectivity index (χ2v) is 5.22. The van der Waals surface area contributed by atoms with Crippen molar-refractivity contribution in [3.05, 3.63) is 35.4 Å². The molecule has 2 rings (SSSR count). The van der Waals surface area contributed by atoms with E-state index in [0.717, 1.165) is 12.0 Å². The number of aryl methyl sites for hydroxylation is 1. The number of benzene rings is 1. The van der Waals surface area contributed by atoms with E-state index in [9.17, 15) is 13.6 Å². The van der Waals surface area contributed by atoms with E-state index in [0.29, 0.717) is 6.54 Å². The first-order valence-corrected chi connectivity index (χ1v) is 6.97. The van der Waals surface area contributed by atoms with Gasteiger partial charge in [-0.1, -0.05) is 31.2 Å². The monoisotopic (exact) mass is 282 g/mol. The fraction of sp³-hybridized carbons (Fsp3) is 0.533. The third-order valence-corrected chi connectivity index (χ3v) is 3.62. The van der Waals surface area contributed by atoms with E-state index in [-0.39, 0.29) is 18.7 Å². The van der Waals surface area contributed by atoms with Crippen LogP contribution in [-0.4, -0.2) is 24.4 Å². The lowest BCUT2D eigenvalue weighted by Gasteiger charge is -2.28. The highest BCUT2D eigenvalue weighted by Gasteiger charge is 2.36. The predicted octanol–water partition coefficient (Wildman–Crippen LogP) is 2.25. The van der Waals surface area contributed by atoms with Crippen LogP contribution in [0, 0.1) is 0 Å². The Bertz CT molecular complexity index is 449. The normalized spacial score (nSPS) is 21.4. The van der Waals surface area contributed by atoms with Crippen molar-refractivity contribution in [3.8, 4) is 0 Å². The number of carbonyl (C=O) groups is 1. The molecule has 1 aliphatic rings. The van der Waals surface area contributed by atoms with Crippen molar-refractivity contribution in [2.75, 3.05) is 6.54 Å². The minimum absolute atomic E-state index is 0.174. The van der Waals surface area contributed by atoms with Gasteiger partial charge in [-0.3, -0.25) is 4.79 Å². The summed E-state index contributed by atoms with van der Waals surface area (Å²) >= 11 is 0. The lowest BCUT2D eigenvalue weighted by atomic mass is 10.0. The molecule has 1 unspecified atom stereocenters. The molecule has 2 N–H and O–H groups in total. The Hall–Kier alpha value is -1.49. The van der Waals surface area contributed by atoms with Crippen LogP contribution in [0.1, 0.15) is 30.9 Å². The average Bonchev–Trinajstić information content (AvgIpc) is 2.45. The number of amides is 1. The number of carbonyl (C=O) groups excluding carboxylic acids is 1. The molecule has 0 aromatic heterocycles. The maximum atomic E-state index is 13.0. The van der Waals surface area contributed by atoms with Crippen molar-refractivity contribution in [2.24, 2.45) is 0 Å². The summed E-state index contributed by atoms with van der Waals surface area (Å²) in [6.45, 7) is 2.09. The number of hydrogen-bond donors (Lipinski definition) is 2. The van der Waals surface area contributed by atoms with Crippen LogP contribution in [0.25, 0.3) is 0 Å². The maximum Gasteiger partial charge on any atom is 0.260 e. The summed E-state index contributed by atoms with van der Waals surface area (Å²) in [6.07, 6.45) is 0.920. The number of piperidine rings is 1.